The van der Waals surface area contributed by atoms with Crippen LogP contribution in [0.5, 0.6) is 0 Å². The van der Waals surface area contributed by atoms with Gasteiger partial charge in [-0.15, -0.1) is 0 Å². The number of unbranched alkanes of at least 4 members (excludes halogenated alkanes) is 1. The Hall–Kier alpha value is -0.653. The zero-order valence-corrected chi connectivity index (χ0v) is 12.2. The van der Waals surface area contributed by atoms with Crippen LogP contribution in [0.15, 0.2) is 12.7 Å². The first-order valence-corrected chi connectivity index (χ1v) is 8.26. The second-order valence-electron chi connectivity index (χ2n) is 3.90. The third-order valence-electron chi connectivity index (χ3n) is 2.77. The monoisotopic (exact) mass is 260 g/mol. The molecule has 0 saturated carbocycles. The molecule has 0 unspecified atom stereocenters. The van der Waals surface area contributed by atoms with Crippen molar-refractivity contribution in [2.75, 3.05) is 20.8 Å². The number of hydrogen-bond acceptors (Lipinski definition) is 4. The normalized spacial score (nSPS) is 11.2. The van der Waals surface area contributed by atoms with Crippen LogP contribution >= 0.6 is 0 Å². The first-order valence-electron chi connectivity index (χ1n) is 6.03. The number of esters is 1. The van der Waals surface area contributed by atoms with Gasteiger partial charge in [0.2, 0.25) is 0 Å². The van der Waals surface area contributed by atoms with Crippen molar-refractivity contribution in [3.63, 3.8) is 0 Å². The van der Waals surface area contributed by atoms with Crippen molar-refractivity contribution >= 4 is 14.5 Å². The lowest BCUT2D eigenvalue weighted by Crippen LogP contribution is -2.40. The van der Waals surface area contributed by atoms with Crippen molar-refractivity contribution in [2.24, 2.45) is 0 Å². The summed E-state index contributed by atoms with van der Waals surface area (Å²) in [7, 11) is 1.36. The molecular formula is C12H24O4Si. The van der Waals surface area contributed by atoms with Crippen LogP contribution in [0, 0.1) is 0 Å². The van der Waals surface area contributed by atoms with Gasteiger partial charge in [-0.2, -0.15) is 0 Å². The topological polar surface area (TPSA) is 44.8 Å². The summed E-state index contributed by atoms with van der Waals surface area (Å²) in [5.41, 5.74) is 0. The van der Waals surface area contributed by atoms with E-state index < -0.39 is 8.56 Å². The first kappa shape index (κ1) is 16.3. The van der Waals surface area contributed by atoms with Gasteiger partial charge in [-0.3, -0.25) is 0 Å². The van der Waals surface area contributed by atoms with E-state index in [1.54, 1.807) is 14.2 Å². The fourth-order valence-corrected chi connectivity index (χ4v) is 4.44. The quantitative estimate of drug-likeness (QED) is 0.262. The Morgan fingerprint density at radius 2 is 1.82 bits per heavy atom. The van der Waals surface area contributed by atoms with E-state index in [2.05, 4.69) is 13.5 Å². The smallest absolute Gasteiger partial charge is 0.337 e. The molecule has 17 heavy (non-hydrogen) atoms. The molecule has 4 nitrogen and oxygen atoms in total. The average molecular weight is 260 g/mol. The maximum Gasteiger partial charge on any atom is 0.337 e. The molecule has 0 amide bonds. The summed E-state index contributed by atoms with van der Waals surface area (Å²) in [5, 5.41) is 0. The highest BCUT2D eigenvalue weighted by atomic mass is 28.4. The second kappa shape index (κ2) is 9.38. The third-order valence-corrected chi connectivity index (χ3v) is 6.49. The van der Waals surface area contributed by atoms with E-state index in [4.69, 9.17) is 13.6 Å². The lowest BCUT2D eigenvalue weighted by molar-refractivity contribution is -0.137. The number of ether oxygens (including phenoxy) is 1. The van der Waals surface area contributed by atoms with Crippen molar-refractivity contribution in [1.82, 2.24) is 0 Å². The lowest BCUT2D eigenvalue weighted by atomic mass is 10.4. The number of rotatable bonds is 10. The molecule has 0 aliphatic heterocycles. The molecule has 0 aromatic rings. The molecule has 0 aromatic carbocycles. The zero-order valence-electron chi connectivity index (χ0n) is 11.2. The van der Waals surface area contributed by atoms with Crippen LogP contribution in [0.1, 0.15) is 26.2 Å². The van der Waals surface area contributed by atoms with E-state index in [-0.39, 0.29) is 5.97 Å². The van der Waals surface area contributed by atoms with Crippen LogP contribution in [0.4, 0.5) is 0 Å². The summed E-state index contributed by atoms with van der Waals surface area (Å²) in [6, 6.07) is 1.84. The third kappa shape index (κ3) is 6.60. The van der Waals surface area contributed by atoms with E-state index >= 15 is 0 Å². The largest absolute Gasteiger partial charge is 0.463 e. The minimum Gasteiger partial charge on any atom is -0.463 e. The molecule has 0 saturated heterocycles. The van der Waals surface area contributed by atoms with Crippen molar-refractivity contribution in [1.29, 1.82) is 0 Å². The fourth-order valence-electron chi connectivity index (χ4n) is 1.64. The van der Waals surface area contributed by atoms with E-state index in [1.807, 2.05) is 0 Å². The molecule has 0 atom stereocenters. The zero-order chi connectivity index (χ0) is 13.1. The SMILES string of the molecule is C=CC(=O)OCCC[Si](CCCC)(OC)OC. The van der Waals surface area contributed by atoms with E-state index in [0.29, 0.717) is 6.61 Å². The predicted octanol–water partition coefficient (Wildman–Crippen LogP) is 2.64. The maximum absolute atomic E-state index is 10.9. The molecule has 0 rings (SSSR count). The molecule has 0 heterocycles. The molecular weight excluding hydrogens is 236 g/mol. The minimum absolute atomic E-state index is 0.374. The highest BCUT2D eigenvalue weighted by Gasteiger charge is 2.33. The van der Waals surface area contributed by atoms with E-state index in [0.717, 1.165) is 31.4 Å². The van der Waals surface area contributed by atoms with Crippen LogP contribution in [-0.2, 0) is 18.4 Å². The van der Waals surface area contributed by atoms with Crippen LogP contribution in [0.25, 0.3) is 0 Å². The Kier molecular flexibility index (Phi) is 9.02. The summed E-state index contributed by atoms with van der Waals surface area (Å²) in [6.07, 6.45) is 4.19. The molecule has 0 bridgehead atoms. The number of carbonyl (C=O) groups is 1. The Labute approximate surface area is 105 Å². The Morgan fingerprint density at radius 1 is 1.24 bits per heavy atom. The fraction of sp³-hybridized carbons (Fsp3) is 0.750. The molecule has 0 aromatic heterocycles. The van der Waals surface area contributed by atoms with Gasteiger partial charge >= 0.3 is 14.5 Å². The Bertz CT molecular complexity index is 227. The summed E-state index contributed by atoms with van der Waals surface area (Å²) >= 11 is 0. The summed E-state index contributed by atoms with van der Waals surface area (Å²) in [5.74, 6) is -0.374. The molecule has 5 heteroatoms. The van der Waals surface area contributed by atoms with Crippen LogP contribution < -0.4 is 0 Å². The molecule has 0 radical (unpaired) electrons. The van der Waals surface area contributed by atoms with Crippen molar-refractivity contribution in [3.8, 4) is 0 Å². The molecule has 0 aliphatic carbocycles. The lowest BCUT2D eigenvalue weighted by Gasteiger charge is -2.27. The van der Waals surface area contributed by atoms with Gasteiger partial charge < -0.3 is 13.6 Å². The summed E-state index contributed by atoms with van der Waals surface area (Å²) < 4.78 is 16.1. The minimum atomic E-state index is -2.06. The van der Waals surface area contributed by atoms with E-state index in [1.165, 1.54) is 6.08 Å². The van der Waals surface area contributed by atoms with Gasteiger partial charge in [0.15, 0.2) is 0 Å². The van der Waals surface area contributed by atoms with Crippen LogP contribution in [0.2, 0.25) is 12.1 Å². The van der Waals surface area contributed by atoms with Crippen LogP contribution in [-0.4, -0.2) is 35.4 Å². The van der Waals surface area contributed by atoms with Crippen molar-refractivity contribution in [3.05, 3.63) is 12.7 Å². The Morgan fingerprint density at radius 3 is 2.29 bits per heavy atom. The predicted molar refractivity (Wildman–Crippen MR) is 70.1 cm³/mol. The molecule has 100 valence electrons. The number of hydrogen-bond donors (Lipinski definition) is 0. The van der Waals surface area contributed by atoms with Crippen molar-refractivity contribution < 1.29 is 18.4 Å². The highest BCUT2D eigenvalue weighted by Crippen LogP contribution is 2.22. The molecule has 0 N–H and O–H groups in total. The molecule has 0 aliphatic rings. The van der Waals surface area contributed by atoms with Gasteiger partial charge in [-0.1, -0.05) is 26.3 Å². The van der Waals surface area contributed by atoms with Gasteiger partial charge in [-0.25, -0.2) is 4.79 Å². The average Bonchev–Trinajstić information content (AvgIpc) is 2.38. The second-order valence-corrected chi connectivity index (χ2v) is 7.54. The van der Waals surface area contributed by atoms with Gasteiger partial charge in [0.25, 0.3) is 0 Å². The maximum atomic E-state index is 10.9. The van der Waals surface area contributed by atoms with Crippen LogP contribution in [0.3, 0.4) is 0 Å². The standard InChI is InChI=1S/C12H24O4Si/c1-5-7-10-17(14-3,15-4)11-8-9-16-12(13)6-2/h6H,2,5,7-11H2,1,3-4H3. The molecule has 0 fully saturated rings. The van der Waals surface area contributed by atoms with Crippen molar-refractivity contribution in [2.45, 2.75) is 38.3 Å². The Balaban J connectivity index is 3.98. The van der Waals surface area contributed by atoms with Gasteiger partial charge in [0.05, 0.1) is 6.61 Å². The first-order chi connectivity index (χ1) is 8.14. The molecule has 0 spiro atoms. The summed E-state index contributed by atoms with van der Waals surface area (Å²) in [4.78, 5) is 10.9. The highest BCUT2D eigenvalue weighted by molar-refractivity contribution is 6.67. The van der Waals surface area contributed by atoms with Gasteiger partial charge in [0, 0.05) is 20.3 Å². The summed E-state index contributed by atoms with van der Waals surface area (Å²) in [6.45, 7) is 5.90. The number of carbonyl (C=O) groups excluding carboxylic acids is 1. The van der Waals surface area contributed by atoms with Gasteiger partial charge in [-0.05, 0) is 18.5 Å². The van der Waals surface area contributed by atoms with Gasteiger partial charge in [0.1, 0.15) is 0 Å². The van der Waals surface area contributed by atoms with E-state index in [9.17, 15) is 4.79 Å².